The average molecular weight is 296 g/mol. The van der Waals surface area contributed by atoms with Crippen molar-refractivity contribution in [3.05, 3.63) is 52.2 Å². The largest absolute Gasteiger partial charge is 0.325 e. The molecule has 1 fully saturated rings. The smallest absolute Gasteiger partial charge is 0.241 e. The maximum atomic E-state index is 12.0. The molecule has 21 heavy (non-hydrogen) atoms. The second-order valence-electron chi connectivity index (χ2n) is 4.94. The van der Waals surface area contributed by atoms with Crippen molar-refractivity contribution in [2.75, 3.05) is 11.9 Å². The molecule has 2 heterocycles. The van der Waals surface area contributed by atoms with E-state index in [0.717, 1.165) is 35.5 Å². The first-order valence-electron chi connectivity index (χ1n) is 7.01. The molecule has 4 heteroatoms. The number of hydrogen-bond donors (Lipinski definition) is 2. The summed E-state index contributed by atoms with van der Waals surface area (Å²) in [6.45, 7) is 0.926. The number of carbonyl (C=O) groups excluding carboxylic acids is 1. The average Bonchev–Trinajstić information content (AvgIpc) is 3.20. The van der Waals surface area contributed by atoms with Crippen LogP contribution in [-0.2, 0) is 4.79 Å². The summed E-state index contributed by atoms with van der Waals surface area (Å²) in [6.07, 6.45) is 1.98. The van der Waals surface area contributed by atoms with Gasteiger partial charge in [-0.1, -0.05) is 17.9 Å². The van der Waals surface area contributed by atoms with Crippen molar-refractivity contribution in [2.24, 2.45) is 0 Å². The fraction of sp³-hybridized carbons (Fsp3) is 0.235. The number of benzene rings is 1. The third kappa shape index (κ3) is 3.72. The molecule has 1 aliphatic rings. The molecule has 0 bridgehead atoms. The second kappa shape index (κ2) is 6.57. The molecule has 0 aliphatic carbocycles. The molecule has 1 aromatic heterocycles. The summed E-state index contributed by atoms with van der Waals surface area (Å²) in [5.41, 5.74) is 1.76. The zero-order valence-corrected chi connectivity index (χ0v) is 12.4. The number of amides is 1. The summed E-state index contributed by atoms with van der Waals surface area (Å²) in [7, 11) is 0. The van der Waals surface area contributed by atoms with Crippen LogP contribution in [0.1, 0.15) is 23.3 Å². The van der Waals surface area contributed by atoms with Crippen molar-refractivity contribution in [3.63, 3.8) is 0 Å². The van der Waals surface area contributed by atoms with Gasteiger partial charge in [0.1, 0.15) is 0 Å². The summed E-state index contributed by atoms with van der Waals surface area (Å²) in [5, 5.41) is 8.14. The summed E-state index contributed by atoms with van der Waals surface area (Å²) in [6, 6.07) is 11.6. The molecule has 3 nitrogen and oxygen atoms in total. The van der Waals surface area contributed by atoms with Crippen molar-refractivity contribution < 1.29 is 4.79 Å². The molecule has 0 unspecified atom stereocenters. The fourth-order valence-electron chi connectivity index (χ4n) is 2.26. The second-order valence-corrected chi connectivity index (χ2v) is 5.89. The van der Waals surface area contributed by atoms with Gasteiger partial charge in [-0.05, 0) is 55.1 Å². The number of hydrogen-bond acceptors (Lipinski definition) is 3. The van der Waals surface area contributed by atoms with E-state index in [1.54, 1.807) is 11.3 Å². The Morgan fingerprint density at radius 3 is 2.76 bits per heavy atom. The molecule has 3 rings (SSSR count). The van der Waals surface area contributed by atoms with E-state index in [4.69, 9.17) is 0 Å². The van der Waals surface area contributed by atoms with E-state index in [1.807, 2.05) is 41.8 Å². The highest BCUT2D eigenvalue weighted by Crippen LogP contribution is 2.12. The van der Waals surface area contributed by atoms with E-state index < -0.39 is 0 Å². The van der Waals surface area contributed by atoms with Gasteiger partial charge in [-0.2, -0.15) is 0 Å². The highest BCUT2D eigenvalue weighted by molar-refractivity contribution is 7.10. The SMILES string of the molecule is O=C(Nc1ccc(C#Cc2cccs2)cc1)[C@H]1CCCN1. The van der Waals surface area contributed by atoms with Gasteiger partial charge in [-0.15, -0.1) is 11.3 Å². The number of carbonyl (C=O) groups is 1. The van der Waals surface area contributed by atoms with Crippen LogP contribution in [0, 0.1) is 11.8 Å². The van der Waals surface area contributed by atoms with Crippen LogP contribution in [0.5, 0.6) is 0 Å². The highest BCUT2D eigenvalue weighted by atomic mass is 32.1. The first-order chi connectivity index (χ1) is 10.3. The molecule has 2 aromatic rings. The predicted molar refractivity (Wildman–Crippen MR) is 86.4 cm³/mol. The monoisotopic (exact) mass is 296 g/mol. The van der Waals surface area contributed by atoms with Crippen molar-refractivity contribution in [2.45, 2.75) is 18.9 Å². The number of nitrogens with one attached hydrogen (secondary N) is 2. The van der Waals surface area contributed by atoms with Crippen molar-refractivity contribution in [1.29, 1.82) is 0 Å². The lowest BCUT2D eigenvalue weighted by Crippen LogP contribution is -2.35. The van der Waals surface area contributed by atoms with Gasteiger partial charge in [0.15, 0.2) is 0 Å². The molecule has 1 amide bonds. The summed E-state index contributed by atoms with van der Waals surface area (Å²) < 4.78 is 0. The lowest BCUT2D eigenvalue weighted by molar-refractivity contribution is -0.117. The molecule has 1 aliphatic heterocycles. The zero-order chi connectivity index (χ0) is 14.5. The first kappa shape index (κ1) is 13.9. The first-order valence-corrected chi connectivity index (χ1v) is 7.89. The van der Waals surface area contributed by atoms with Gasteiger partial charge in [-0.3, -0.25) is 4.79 Å². The van der Waals surface area contributed by atoms with Gasteiger partial charge in [-0.25, -0.2) is 0 Å². The Labute approximate surface area is 128 Å². The van der Waals surface area contributed by atoms with E-state index in [1.165, 1.54) is 0 Å². The standard InChI is InChI=1S/C17H16N2OS/c20-17(16-4-1-11-18-16)19-14-8-5-13(6-9-14)7-10-15-3-2-12-21-15/h2-3,5-6,8-9,12,16,18H,1,4,11H2,(H,19,20)/t16-/m1/s1. The van der Waals surface area contributed by atoms with Crippen molar-refractivity contribution in [3.8, 4) is 11.8 Å². The third-order valence-corrected chi connectivity index (χ3v) is 4.17. The molecule has 1 atom stereocenters. The quantitative estimate of drug-likeness (QED) is 0.837. The molecule has 0 spiro atoms. The van der Waals surface area contributed by atoms with Gasteiger partial charge in [0.2, 0.25) is 5.91 Å². The van der Waals surface area contributed by atoms with E-state index in [9.17, 15) is 4.79 Å². The van der Waals surface area contributed by atoms with Crippen LogP contribution in [0.2, 0.25) is 0 Å². The van der Waals surface area contributed by atoms with Crippen LogP contribution in [0.4, 0.5) is 5.69 Å². The van der Waals surface area contributed by atoms with Crippen LogP contribution in [0.15, 0.2) is 41.8 Å². The molecule has 0 saturated carbocycles. The van der Waals surface area contributed by atoms with E-state index >= 15 is 0 Å². The van der Waals surface area contributed by atoms with Crippen LogP contribution in [-0.4, -0.2) is 18.5 Å². The molecular formula is C17H16N2OS. The Bertz CT molecular complexity index is 659. The number of rotatable bonds is 2. The topological polar surface area (TPSA) is 41.1 Å². The van der Waals surface area contributed by atoms with Crippen molar-refractivity contribution >= 4 is 22.9 Å². The van der Waals surface area contributed by atoms with E-state index in [0.29, 0.717) is 0 Å². The molecule has 1 saturated heterocycles. The highest BCUT2D eigenvalue weighted by Gasteiger charge is 2.21. The minimum absolute atomic E-state index is 0.0462. The fourth-order valence-corrected chi connectivity index (χ4v) is 2.83. The minimum atomic E-state index is -0.0525. The lowest BCUT2D eigenvalue weighted by atomic mass is 10.2. The predicted octanol–water partition coefficient (Wildman–Crippen LogP) is 2.84. The molecular weight excluding hydrogens is 280 g/mol. The van der Waals surface area contributed by atoms with Crippen LogP contribution in [0.25, 0.3) is 0 Å². The van der Waals surface area contributed by atoms with Gasteiger partial charge >= 0.3 is 0 Å². The normalized spacial score (nSPS) is 17.0. The lowest BCUT2D eigenvalue weighted by Gasteiger charge is -2.10. The van der Waals surface area contributed by atoms with Crippen LogP contribution >= 0.6 is 11.3 Å². The van der Waals surface area contributed by atoms with Crippen LogP contribution < -0.4 is 10.6 Å². The maximum absolute atomic E-state index is 12.0. The van der Waals surface area contributed by atoms with E-state index in [-0.39, 0.29) is 11.9 Å². The summed E-state index contributed by atoms with van der Waals surface area (Å²) in [5.74, 6) is 6.28. The molecule has 1 aromatic carbocycles. The Kier molecular flexibility index (Phi) is 4.34. The Morgan fingerprint density at radius 2 is 2.10 bits per heavy atom. The van der Waals surface area contributed by atoms with Crippen LogP contribution in [0.3, 0.4) is 0 Å². The van der Waals surface area contributed by atoms with Gasteiger partial charge in [0.25, 0.3) is 0 Å². The van der Waals surface area contributed by atoms with E-state index in [2.05, 4.69) is 22.5 Å². The van der Waals surface area contributed by atoms with Crippen molar-refractivity contribution in [1.82, 2.24) is 5.32 Å². The Balaban J connectivity index is 1.62. The molecule has 2 N–H and O–H groups in total. The number of anilines is 1. The zero-order valence-electron chi connectivity index (χ0n) is 11.6. The molecule has 0 radical (unpaired) electrons. The number of thiophene rings is 1. The Morgan fingerprint density at radius 1 is 1.24 bits per heavy atom. The minimum Gasteiger partial charge on any atom is -0.325 e. The van der Waals surface area contributed by atoms with Gasteiger partial charge in [0, 0.05) is 11.3 Å². The Hall–Kier alpha value is -2.09. The summed E-state index contributed by atoms with van der Waals surface area (Å²) in [4.78, 5) is 13.0. The van der Waals surface area contributed by atoms with Gasteiger partial charge in [0.05, 0.1) is 10.9 Å². The summed E-state index contributed by atoms with van der Waals surface area (Å²) >= 11 is 1.63. The maximum Gasteiger partial charge on any atom is 0.241 e. The van der Waals surface area contributed by atoms with Gasteiger partial charge < -0.3 is 10.6 Å². The third-order valence-electron chi connectivity index (χ3n) is 3.38. The molecule has 106 valence electrons.